The lowest BCUT2D eigenvalue weighted by Gasteiger charge is -2.21. The number of hydrogen-bond donors (Lipinski definition) is 4. The zero-order chi connectivity index (χ0) is 12.7. The van der Waals surface area contributed by atoms with E-state index in [1.165, 1.54) is 0 Å². The molecule has 2 amide bonds. The van der Waals surface area contributed by atoms with Gasteiger partial charge in [0.1, 0.15) is 0 Å². The Labute approximate surface area is 104 Å². The number of hydrogen-bond acceptors (Lipinski definition) is 4. The summed E-state index contributed by atoms with van der Waals surface area (Å²) in [7, 11) is 0. The molecule has 1 rings (SSSR count). The molecule has 0 radical (unpaired) electrons. The molecular formula is C10H18N2O4S. The molecule has 1 atom stereocenters. The number of thioether (sulfide) groups is 1. The second-order valence-electron chi connectivity index (χ2n) is 4.00. The molecule has 0 spiro atoms. The van der Waals surface area contributed by atoms with Crippen molar-refractivity contribution in [2.45, 2.75) is 18.9 Å². The van der Waals surface area contributed by atoms with Crippen molar-refractivity contribution >= 4 is 23.8 Å². The lowest BCUT2D eigenvalue weighted by atomic mass is 10.0. The van der Waals surface area contributed by atoms with E-state index in [9.17, 15) is 9.59 Å². The fraction of sp³-hybridized carbons (Fsp3) is 0.800. The van der Waals surface area contributed by atoms with E-state index in [-0.39, 0.29) is 6.54 Å². The number of carbonyl (C=O) groups is 2. The average molecular weight is 262 g/mol. The first kappa shape index (κ1) is 14.1. The van der Waals surface area contributed by atoms with Crippen LogP contribution in [0.25, 0.3) is 0 Å². The number of carboxylic acids is 1. The molecule has 6 nitrogen and oxygen atoms in total. The van der Waals surface area contributed by atoms with E-state index in [0.717, 1.165) is 24.3 Å². The van der Waals surface area contributed by atoms with Gasteiger partial charge in [-0.05, 0) is 30.3 Å². The Hall–Kier alpha value is -0.950. The molecule has 1 unspecified atom stereocenters. The Kier molecular flexibility index (Phi) is 6.13. The minimum absolute atomic E-state index is 0.276. The maximum atomic E-state index is 11.3. The summed E-state index contributed by atoms with van der Waals surface area (Å²) in [5.41, 5.74) is 0. The van der Waals surface area contributed by atoms with Crippen LogP contribution in [-0.4, -0.2) is 52.9 Å². The van der Waals surface area contributed by atoms with Crippen LogP contribution in [0, 0.1) is 5.92 Å². The summed E-state index contributed by atoms with van der Waals surface area (Å²) in [5, 5.41) is 22.4. The molecule has 17 heavy (non-hydrogen) atoms. The van der Waals surface area contributed by atoms with E-state index in [1.807, 2.05) is 11.8 Å². The van der Waals surface area contributed by atoms with Crippen LogP contribution in [0.2, 0.25) is 0 Å². The quantitative estimate of drug-likeness (QED) is 0.553. The minimum atomic E-state index is -1.55. The van der Waals surface area contributed by atoms with Crippen LogP contribution in [-0.2, 0) is 4.79 Å². The topological polar surface area (TPSA) is 98.7 Å². The highest BCUT2D eigenvalue weighted by Gasteiger charge is 2.16. The first-order chi connectivity index (χ1) is 8.09. The number of nitrogens with one attached hydrogen (secondary N) is 2. The number of rotatable bonds is 5. The molecule has 4 N–H and O–H groups in total. The monoisotopic (exact) mass is 262 g/mol. The lowest BCUT2D eigenvalue weighted by Crippen LogP contribution is -2.43. The number of amides is 2. The van der Waals surface area contributed by atoms with Gasteiger partial charge in [-0.25, -0.2) is 9.59 Å². The Morgan fingerprint density at radius 2 is 1.94 bits per heavy atom. The van der Waals surface area contributed by atoms with Crippen LogP contribution in [0.15, 0.2) is 0 Å². The number of aliphatic hydroxyl groups is 1. The molecular weight excluding hydrogens is 244 g/mol. The van der Waals surface area contributed by atoms with Gasteiger partial charge in [-0.15, -0.1) is 0 Å². The summed E-state index contributed by atoms with van der Waals surface area (Å²) in [4.78, 5) is 21.6. The van der Waals surface area contributed by atoms with Crippen LogP contribution in [0.5, 0.6) is 0 Å². The SMILES string of the molecule is O=C(NCC1CCSCC1)NCC(O)C(=O)O. The number of aliphatic hydroxyl groups excluding tert-OH is 1. The Morgan fingerprint density at radius 3 is 2.53 bits per heavy atom. The zero-order valence-electron chi connectivity index (χ0n) is 9.52. The highest BCUT2D eigenvalue weighted by Crippen LogP contribution is 2.21. The minimum Gasteiger partial charge on any atom is -0.479 e. The molecule has 0 aliphatic carbocycles. The second-order valence-corrected chi connectivity index (χ2v) is 5.23. The van der Waals surface area contributed by atoms with Crippen LogP contribution < -0.4 is 10.6 Å². The van der Waals surface area contributed by atoms with Crippen LogP contribution >= 0.6 is 11.8 Å². The normalized spacial score (nSPS) is 18.4. The van der Waals surface area contributed by atoms with Crippen molar-refractivity contribution < 1.29 is 19.8 Å². The first-order valence-electron chi connectivity index (χ1n) is 5.60. The van der Waals surface area contributed by atoms with Crippen molar-refractivity contribution in [3.8, 4) is 0 Å². The third-order valence-electron chi connectivity index (χ3n) is 2.63. The fourth-order valence-corrected chi connectivity index (χ4v) is 2.73. The van der Waals surface area contributed by atoms with Crippen molar-refractivity contribution in [1.29, 1.82) is 0 Å². The molecule has 98 valence electrons. The average Bonchev–Trinajstić information content (AvgIpc) is 2.34. The number of carbonyl (C=O) groups excluding carboxylic acids is 1. The summed E-state index contributed by atoms with van der Waals surface area (Å²) >= 11 is 1.92. The van der Waals surface area contributed by atoms with Gasteiger partial charge in [0.25, 0.3) is 0 Å². The molecule has 0 bridgehead atoms. The van der Waals surface area contributed by atoms with Gasteiger partial charge >= 0.3 is 12.0 Å². The Morgan fingerprint density at radius 1 is 1.29 bits per heavy atom. The largest absolute Gasteiger partial charge is 0.479 e. The highest BCUT2D eigenvalue weighted by molar-refractivity contribution is 7.99. The van der Waals surface area contributed by atoms with Gasteiger partial charge in [-0.1, -0.05) is 0 Å². The maximum absolute atomic E-state index is 11.3. The molecule has 0 saturated carbocycles. The summed E-state index contributed by atoms with van der Waals surface area (Å²) in [6, 6.07) is -0.427. The van der Waals surface area contributed by atoms with E-state index < -0.39 is 18.1 Å². The van der Waals surface area contributed by atoms with E-state index in [1.54, 1.807) is 0 Å². The molecule has 1 heterocycles. The van der Waals surface area contributed by atoms with Crippen molar-refractivity contribution in [3.63, 3.8) is 0 Å². The zero-order valence-corrected chi connectivity index (χ0v) is 10.3. The Bertz CT molecular complexity index is 269. The molecule has 7 heteroatoms. The van der Waals surface area contributed by atoms with Gasteiger partial charge in [-0.2, -0.15) is 11.8 Å². The first-order valence-corrected chi connectivity index (χ1v) is 6.75. The molecule has 1 aliphatic heterocycles. The van der Waals surface area contributed by atoms with Gasteiger partial charge in [0.05, 0.1) is 6.54 Å². The Balaban J connectivity index is 2.10. The molecule has 1 fully saturated rings. The standard InChI is InChI=1S/C10H18N2O4S/c13-8(9(14)15)6-12-10(16)11-5-7-1-3-17-4-2-7/h7-8,13H,1-6H2,(H,14,15)(H2,11,12,16). The van der Waals surface area contributed by atoms with Gasteiger partial charge in [-0.3, -0.25) is 0 Å². The lowest BCUT2D eigenvalue weighted by molar-refractivity contribution is -0.146. The number of aliphatic carboxylic acids is 1. The van der Waals surface area contributed by atoms with Crippen LogP contribution in [0.4, 0.5) is 4.79 Å². The van der Waals surface area contributed by atoms with E-state index in [4.69, 9.17) is 10.2 Å². The second kappa shape index (κ2) is 7.39. The summed E-state index contributed by atoms with van der Waals surface area (Å²) in [6.45, 7) is 0.331. The molecule has 0 aromatic rings. The van der Waals surface area contributed by atoms with Gasteiger partial charge in [0.15, 0.2) is 6.10 Å². The van der Waals surface area contributed by atoms with Crippen molar-refractivity contribution in [1.82, 2.24) is 10.6 Å². The molecule has 1 saturated heterocycles. The molecule has 0 aromatic carbocycles. The number of urea groups is 1. The molecule has 1 aliphatic rings. The highest BCUT2D eigenvalue weighted by atomic mass is 32.2. The summed E-state index contributed by atoms with van der Waals surface area (Å²) in [6.07, 6.45) is 0.651. The maximum Gasteiger partial charge on any atom is 0.334 e. The summed E-state index contributed by atoms with van der Waals surface area (Å²) < 4.78 is 0. The summed E-state index contributed by atoms with van der Waals surface area (Å²) in [5.74, 6) is 1.43. The fourth-order valence-electron chi connectivity index (χ4n) is 1.53. The van der Waals surface area contributed by atoms with Crippen molar-refractivity contribution in [2.75, 3.05) is 24.6 Å². The van der Waals surface area contributed by atoms with Crippen molar-refractivity contribution in [3.05, 3.63) is 0 Å². The predicted molar refractivity (Wildman–Crippen MR) is 65.1 cm³/mol. The van der Waals surface area contributed by atoms with Crippen LogP contribution in [0.1, 0.15) is 12.8 Å². The predicted octanol–water partition coefficient (Wildman–Crippen LogP) is -0.126. The van der Waals surface area contributed by atoms with E-state index in [2.05, 4.69) is 10.6 Å². The third kappa shape index (κ3) is 5.78. The van der Waals surface area contributed by atoms with Crippen molar-refractivity contribution in [2.24, 2.45) is 5.92 Å². The van der Waals surface area contributed by atoms with E-state index >= 15 is 0 Å². The van der Waals surface area contributed by atoms with E-state index in [0.29, 0.717) is 12.5 Å². The van der Waals surface area contributed by atoms with Gasteiger partial charge in [0, 0.05) is 6.54 Å². The molecule has 0 aromatic heterocycles. The third-order valence-corrected chi connectivity index (χ3v) is 3.68. The van der Waals surface area contributed by atoms with Gasteiger partial charge in [0.2, 0.25) is 0 Å². The van der Waals surface area contributed by atoms with Gasteiger partial charge < -0.3 is 20.8 Å². The smallest absolute Gasteiger partial charge is 0.334 e. The van der Waals surface area contributed by atoms with Crippen LogP contribution in [0.3, 0.4) is 0 Å². The number of carboxylic acid groups (broad SMARTS) is 1.